The standard InChI is InChI=1S/C23H23ClN2O3S/c1-14-9-15(2)11-20(10-14)26-30(28,29)22-12-18(7-5-17(22)4)23(27)25-21-13-19(24)8-6-16(21)3/h5-13,26H,1-4H3,(H,25,27). The van der Waals surface area contributed by atoms with E-state index in [-0.39, 0.29) is 10.5 Å². The average molecular weight is 443 g/mol. The van der Waals surface area contributed by atoms with Crippen LogP contribution in [0.2, 0.25) is 5.02 Å². The summed E-state index contributed by atoms with van der Waals surface area (Å²) in [6.07, 6.45) is 0. The van der Waals surface area contributed by atoms with Gasteiger partial charge in [-0.3, -0.25) is 9.52 Å². The third-order valence-corrected chi connectivity index (χ3v) is 6.42. The van der Waals surface area contributed by atoms with E-state index in [4.69, 9.17) is 11.6 Å². The second-order valence-electron chi connectivity index (χ2n) is 7.38. The van der Waals surface area contributed by atoms with Gasteiger partial charge in [-0.2, -0.15) is 0 Å². The molecule has 0 heterocycles. The number of nitrogens with one attached hydrogen (secondary N) is 2. The van der Waals surface area contributed by atoms with Gasteiger partial charge in [0.2, 0.25) is 0 Å². The molecule has 0 aliphatic carbocycles. The first-order valence-electron chi connectivity index (χ1n) is 9.34. The molecule has 0 unspecified atom stereocenters. The van der Waals surface area contributed by atoms with Crippen LogP contribution < -0.4 is 10.0 Å². The highest BCUT2D eigenvalue weighted by Gasteiger charge is 2.20. The molecule has 0 bridgehead atoms. The van der Waals surface area contributed by atoms with Crippen LogP contribution in [0.25, 0.3) is 0 Å². The van der Waals surface area contributed by atoms with Crippen molar-refractivity contribution in [1.29, 1.82) is 0 Å². The third-order valence-electron chi connectivity index (χ3n) is 4.66. The summed E-state index contributed by atoms with van der Waals surface area (Å²) in [5.74, 6) is -0.414. The van der Waals surface area contributed by atoms with Crippen LogP contribution >= 0.6 is 11.6 Å². The van der Waals surface area contributed by atoms with E-state index in [9.17, 15) is 13.2 Å². The first-order valence-corrected chi connectivity index (χ1v) is 11.2. The molecule has 0 saturated heterocycles. The lowest BCUT2D eigenvalue weighted by Crippen LogP contribution is -2.17. The summed E-state index contributed by atoms with van der Waals surface area (Å²) in [4.78, 5) is 12.8. The maximum Gasteiger partial charge on any atom is 0.262 e. The van der Waals surface area contributed by atoms with Gasteiger partial charge in [-0.15, -0.1) is 0 Å². The van der Waals surface area contributed by atoms with Gasteiger partial charge in [0.05, 0.1) is 4.90 Å². The van der Waals surface area contributed by atoms with Crippen molar-refractivity contribution in [1.82, 2.24) is 0 Å². The summed E-state index contributed by atoms with van der Waals surface area (Å²) in [7, 11) is -3.87. The molecule has 3 aromatic carbocycles. The normalized spacial score (nSPS) is 11.2. The lowest BCUT2D eigenvalue weighted by atomic mass is 10.1. The Balaban J connectivity index is 1.92. The largest absolute Gasteiger partial charge is 0.322 e. The minimum absolute atomic E-state index is 0.0529. The van der Waals surface area contributed by atoms with Gasteiger partial charge < -0.3 is 5.32 Å². The summed E-state index contributed by atoms with van der Waals surface area (Å²) >= 11 is 6.01. The minimum atomic E-state index is -3.87. The van der Waals surface area contributed by atoms with E-state index in [2.05, 4.69) is 10.0 Å². The van der Waals surface area contributed by atoms with E-state index in [1.54, 1.807) is 49.4 Å². The summed E-state index contributed by atoms with van der Waals surface area (Å²) in [5, 5.41) is 3.29. The molecule has 0 radical (unpaired) electrons. The predicted octanol–water partition coefficient (Wildman–Crippen LogP) is 5.63. The molecule has 0 aromatic heterocycles. The molecule has 0 spiro atoms. The fourth-order valence-corrected chi connectivity index (χ4v) is 4.68. The monoisotopic (exact) mass is 442 g/mol. The zero-order valence-corrected chi connectivity index (χ0v) is 18.8. The summed E-state index contributed by atoms with van der Waals surface area (Å²) in [6.45, 7) is 7.35. The number of carbonyl (C=O) groups excluding carboxylic acids is 1. The number of rotatable bonds is 5. The Morgan fingerprint density at radius 3 is 2.13 bits per heavy atom. The molecule has 0 fully saturated rings. The fourth-order valence-electron chi connectivity index (χ4n) is 3.20. The molecular weight excluding hydrogens is 420 g/mol. The zero-order valence-electron chi connectivity index (χ0n) is 17.2. The van der Waals surface area contributed by atoms with E-state index in [0.29, 0.717) is 22.0 Å². The van der Waals surface area contributed by atoms with Gasteiger partial charge in [-0.1, -0.05) is 29.8 Å². The lowest BCUT2D eigenvalue weighted by Gasteiger charge is -2.14. The zero-order chi connectivity index (χ0) is 22.1. The Kier molecular flexibility index (Phi) is 6.19. The second kappa shape index (κ2) is 8.50. The number of anilines is 2. The predicted molar refractivity (Wildman–Crippen MR) is 122 cm³/mol. The molecule has 0 aliphatic rings. The number of amides is 1. The molecular formula is C23H23ClN2O3S. The first-order chi connectivity index (χ1) is 14.0. The molecule has 5 nitrogen and oxygen atoms in total. The Labute approximate surface area is 182 Å². The molecule has 0 saturated carbocycles. The van der Waals surface area contributed by atoms with E-state index in [1.807, 2.05) is 26.8 Å². The number of aryl methyl sites for hydroxylation is 4. The number of halogens is 1. The van der Waals surface area contributed by atoms with Crippen LogP contribution in [0.3, 0.4) is 0 Å². The van der Waals surface area contributed by atoms with Crippen molar-refractivity contribution in [3.05, 3.63) is 87.4 Å². The topological polar surface area (TPSA) is 75.3 Å². The molecule has 0 atom stereocenters. The maximum absolute atomic E-state index is 13.0. The van der Waals surface area contributed by atoms with Crippen LogP contribution in [0.5, 0.6) is 0 Å². The highest BCUT2D eigenvalue weighted by molar-refractivity contribution is 7.92. The molecule has 30 heavy (non-hydrogen) atoms. The quantitative estimate of drug-likeness (QED) is 0.537. The fraction of sp³-hybridized carbons (Fsp3) is 0.174. The first kappa shape index (κ1) is 21.9. The van der Waals surface area contributed by atoms with Gasteiger partial charge in [0.1, 0.15) is 0 Å². The summed E-state index contributed by atoms with van der Waals surface area (Å²) in [5.41, 5.74) is 4.60. The molecule has 2 N–H and O–H groups in total. The Morgan fingerprint density at radius 2 is 1.47 bits per heavy atom. The summed E-state index contributed by atoms with van der Waals surface area (Å²) in [6, 6.07) is 15.3. The second-order valence-corrected chi connectivity index (χ2v) is 9.46. The van der Waals surface area contributed by atoms with Crippen molar-refractivity contribution in [3.63, 3.8) is 0 Å². The SMILES string of the molecule is Cc1cc(C)cc(NS(=O)(=O)c2cc(C(=O)Nc3cc(Cl)ccc3C)ccc2C)c1. The van der Waals surface area contributed by atoms with Crippen LogP contribution in [-0.4, -0.2) is 14.3 Å². The van der Waals surface area contributed by atoms with E-state index < -0.39 is 15.9 Å². The third kappa shape index (κ3) is 5.01. The van der Waals surface area contributed by atoms with Gasteiger partial charge in [-0.05, 0) is 86.3 Å². The average Bonchev–Trinajstić information content (AvgIpc) is 2.63. The number of hydrogen-bond donors (Lipinski definition) is 2. The minimum Gasteiger partial charge on any atom is -0.322 e. The van der Waals surface area contributed by atoms with Crippen molar-refractivity contribution in [2.45, 2.75) is 32.6 Å². The molecule has 7 heteroatoms. The molecule has 1 amide bonds. The van der Waals surface area contributed by atoms with Crippen molar-refractivity contribution in [2.24, 2.45) is 0 Å². The number of carbonyl (C=O) groups is 1. The number of sulfonamides is 1. The highest BCUT2D eigenvalue weighted by Crippen LogP contribution is 2.24. The number of hydrogen-bond acceptors (Lipinski definition) is 3. The van der Waals surface area contributed by atoms with Gasteiger partial charge in [0, 0.05) is 22.0 Å². The molecule has 0 aliphatic heterocycles. The van der Waals surface area contributed by atoms with Gasteiger partial charge >= 0.3 is 0 Å². The Bertz CT molecular complexity index is 1220. The van der Waals surface area contributed by atoms with Crippen LogP contribution in [0.4, 0.5) is 11.4 Å². The van der Waals surface area contributed by atoms with Crippen molar-refractivity contribution >= 4 is 38.9 Å². The van der Waals surface area contributed by atoms with Gasteiger partial charge in [-0.25, -0.2) is 8.42 Å². The molecule has 3 aromatic rings. The van der Waals surface area contributed by atoms with Crippen LogP contribution in [0.15, 0.2) is 59.5 Å². The summed E-state index contributed by atoms with van der Waals surface area (Å²) < 4.78 is 28.6. The smallest absolute Gasteiger partial charge is 0.262 e. The van der Waals surface area contributed by atoms with Crippen molar-refractivity contribution in [2.75, 3.05) is 10.0 Å². The Morgan fingerprint density at radius 1 is 0.833 bits per heavy atom. The van der Waals surface area contributed by atoms with Crippen molar-refractivity contribution < 1.29 is 13.2 Å². The van der Waals surface area contributed by atoms with E-state index in [0.717, 1.165) is 16.7 Å². The van der Waals surface area contributed by atoms with Gasteiger partial charge in [0.25, 0.3) is 15.9 Å². The van der Waals surface area contributed by atoms with Crippen molar-refractivity contribution in [3.8, 4) is 0 Å². The Hall–Kier alpha value is -2.83. The highest BCUT2D eigenvalue weighted by atomic mass is 35.5. The van der Waals surface area contributed by atoms with E-state index in [1.165, 1.54) is 6.07 Å². The lowest BCUT2D eigenvalue weighted by molar-refractivity contribution is 0.102. The van der Waals surface area contributed by atoms with Crippen LogP contribution in [0.1, 0.15) is 32.6 Å². The van der Waals surface area contributed by atoms with Crippen LogP contribution in [0, 0.1) is 27.7 Å². The van der Waals surface area contributed by atoms with Crippen LogP contribution in [-0.2, 0) is 10.0 Å². The molecule has 156 valence electrons. The van der Waals surface area contributed by atoms with E-state index >= 15 is 0 Å². The number of benzene rings is 3. The molecule has 3 rings (SSSR count). The maximum atomic E-state index is 13.0. The van der Waals surface area contributed by atoms with Gasteiger partial charge in [0.15, 0.2) is 0 Å².